The van der Waals surface area contributed by atoms with Gasteiger partial charge in [-0.25, -0.2) is 9.59 Å². The van der Waals surface area contributed by atoms with Gasteiger partial charge in [0.05, 0.1) is 5.92 Å². The molecular weight excluding hydrogens is 444 g/mol. The fraction of sp³-hybridized carbons (Fsp3) is 0.393. The van der Waals surface area contributed by atoms with E-state index in [0.717, 1.165) is 41.5 Å². The number of ether oxygens (including phenoxy) is 1. The Bertz CT molecular complexity index is 1050. The minimum absolute atomic E-state index is 0.0448. The summed E-state index contributed by atoms with van der Waals surface area (Å²) in [5.41, 5.74) is 4.58. The van der Waals surface area contributed by atoms with E-state index in [-0.39, 0.29) is 24.9 Å². The molecule has 7 heteroatoms. The molecule has 0 heterocycles. The Kier molecular flexibility index (Phi) is 7.85. The molecular formula is C28H32N2O5. The lowest BCUT2D eigenvalue weighted by molar-refractivity contribution is -0.142. The van der Waals surface area contributed by atoms with Crippen LogP contribution in [0.3, 0.4) is 0 Å². The zero-order valence-corrected chi connectivity index (χ0v) is 19.7. The number of hydrogen-bond acceptors (Lipinski definition) is 4. The van der Waals surface area contributed by atoms with Crippen LogP contribution in [-0.2, 0) is 14.3 Å². The van der Waals surface area contributed by atoms with Gasteiger partial charge in [-0.15, -0.1) is 6.58 Å². The van der Waals surface area contributed by atoms with Crippen molar-refractivity contribution in [1.29, 1.82) is 0 Å². The Morgan fingerprint density at radius 1 is 1.00 bits per heavy atom. The molecule has 2 aromatic rings. The Morgan fingerprint density at radius 2 is 1.63 bits per heavy atom. The number of carboxylic acids is 1. The van der Waals surface area contributed by atoms with E-state index < -0.39 is 30.1 Å². The first-order valence-electron chi connectivity index (χ1n) is 12.2. The van der Waals surface area contributed by atoms with Crippen LogP contribution in [0.25, 0.3) is 11.1 Å². The van der Waals surface area contributed by atoms with Gasteiger partial charge in [-0.2, -0.15) is 0 Å². The van der Waals surface area contributed by atoms with E-state index in [0.29, 0.717) is 12.8 Å². The van der Waals surface area contributed by atoms with E-state index >= 15 is 0 Å². The topological polar surface area (TPSA) is 105 Å². The number of rotatable bonds is 8. The molecule has 2 aromatic carbocycles. The molecule has 0 spiro atoms. The molecule has 0 aromatic heterocycles. The van der Waals surface area contributed by atoms with Crippen LogP contribution in [0.15, 0.2) is 61.2 Å². The van der Waals surface area contributed by atoms with Crippen LogP contribution in [0.2, 0.25) is 0 Å². The molecule has 0 saturated heterocycles. The monoisotopic (exact) mass is 476 g/mol. The molecule has 35 heavy (non-hydrogen) atoms. The van der Waals surface area contributed by atoms with Crippen LogP contribution < -0.4 is 10.6 Å². The number of fused-ring (bicyclic) bond motifs is 3. The summed E-state index contributed by atoms with van der Waals surface area (Å²) >= 11 is 0. The maximum Gasteiger partial charge on any atom is 0.407 e. The summed E-state index contributed by atoms with van der Waals surface area (Å²) in [5, 5.41) is 14.9. The van der Waals surface area contributed by atoms with Crippen molar-refractivity contribution in [3.8, 4) is 11.1 Å². The predicted octanol–water partition coefficient (Wildman–Crippen LogP) is 4.62. The second kappa shape index (κ2) is 11.2. The molecule has 0 radical (unpaired) electrons. The van der Waals surface area contributed by atoms with Crippen molar-refractivity contribution in [3.63, 3.8) is 0 Å². The summed E-state index contributed by atoms with van der Waals surface area (Å²) in [4.78, 5) is 37.3. The summed E-state index contributed by atoms with van der Waals surface area (Å²) in [6, 6.07) is 14.8. The lowest BCUT2D eigenvalue weighted by Crippen LogP contribution is -2.50. The molecule has 7 nitrogen and oxygen atoms in total. The Balaban J connectivity index is 1.41. The maximum absolute atomic E-state index is 13.0. The number of nitrogens with one attached hydrogen (secondary N) is 2. The third-order valence-corrected chi connectivity index (χ3v) is 7.02. The molecule has 1 fully saturated rings. The van der Waals surface area contributed by atoms with Gasteiger partial charge in [-0.05, 0) is 41.5 Å². The van der Waals surface area contributed by atoms with Crippen LogP contribution >= 0.6 is 0 Å². The summed E-state index contributed by atoms with van der Waals surface area (Å²) < 4.78 is 5.68. The average molecular weight is 477 g/mol. The van der Waals surface area contributed by atoms with Crippen LogP contribution in [-0.4, -0.2) is 41.8 Å². The fourth-order valence-electron chi connectivity index (χ4n) is 5.25. The second-order valence-corrected chi connectivity index (χ2v) is 9.24. The predicted molar refractivity (Wildman–Crippen MR) is 133 cm³/mol. The normalized spacial score (nSPS) is 20.0. The van der Waals surface area contributed by atoms with Gasteiger partial charge in [0.15, 0.2) is 0 Å². The highest BCUT2D eigenvalue weighted by Gasteiger charge is 2.34. The van der Waals surface area contributed by atoms with E-state index in [1.54, 1.807) is 0 Å². The Labute approximate surface area is 205 Å². The molecule has 3 atom stereocenters. The van der Waals surface area contributed by atoms with E-state index in [1.165, 1.54) is 6.08 Å². The van der Waals surface area contributed by atoms with Crippen LogP contribution in [0.5, 0.6) is 0 Å². The van der Waals surface area contributed by atoms with Crippen molar-refractivity contribution in [2.24, 2.45) is 5.92 Å². The number of benzene rings is 2. The number of amides is 2. The number of carboxylic acid groups (broad SMARTS) is 1. The largest absolute Gasteiger partial charge is 0.480 e. The van der Waals surface area contributed by atoms with Gasteiger partial charge in [0.2, 0.25) is 5.91 Å². The van der Waals surface area contributed by atoms with Crippen LogP contribution in [0, 0.1) is 5.92 Å². The zero-order chi connectivity index (χ0) is 24.8. The molecule has 3 unspecified atom stereocenters. The van der Waals surface area contributed by atoms with Crippen molar-refractivity contribution in [2.75, 3.05) is 6.61 Å². The molecule has 4 rings (SSSR count). The van der Waals surface area contributed by atoms with Gasteiger partial charge in [0, 0.05) is 12.0 Å². The maximum atomic E-state index is 13.0. The first-order chi connectivity index (χ1) is 17.0. The Morgan fingerprint density at radius 3 is 2.26 bits per heavy atom. The highest BCUT2D eigenvalue weighted by Crippen LogP contribution is 2.44. The quantitative estimate of drug-likeness (QED) is 0.381. The van der Waals surface area contributed by atoms with Gasteiger partial charge in [-0.1, -0.05) is 73.9 Å². The van der Waals surface area contributed by atoms with E-state index in [1.807, 2.05) is 24.3 Å². The third-order valence-electron chi connectivity index (χ3n) is 7.02. The SMILES string of the molecule is C=CCC(NC(=O)C1CCCCCC1NC(=O)OCC1c2ccccc2-c2ccccc21)C(=O)O. The first-order valence-corrected chi connectivity index (χ1v) is 12.2. The van der Waals surface area contributed by atoms with E-state index in [9.17, 15) is 19.5 Å². The van der Waals surface area contributed by atoms with E-state index in [4.69, 9.17) is 4.74 Å². The summed E-state index contributed by atoms with van der Waals surface area (Å²) in [6.45, 7) is 3.76. The molecule has 1 saturated carbocycles. The number of hydrogen-bond donors (Lipinski definition) is 3. The molecule has 3 N–H and O–H groups in total. The highest BCUT2D eigenvalue weighted by molar-refractivity contribution is 5.86. The molecule has 2 aliphatic rings. The molecule has 184 valence electrons. The summed E-state index contributed by atoms with van der Waals surface area (Å²) in [5.74, 6) is -2.01. The first kappa shape index (κ1) is 24.5. The molecule has 2 aliphatic carbocycles. The zero-order valence-electron chi connectivity index (χ0n) is 19.7. The van der Waals surface area contributed by atoms with Gasteiger partial charge < -0.3 is 20.5 Å². The summed E-state index contributed by atoms with van der Waals surface area (Å²) in [6.07, 6.45) is 4.96. The molecule has 2 amide bonds. The number of carbonyl (C=O) groups excluding carboxylic acids is 2. The van der Waals surface area contributed by atoms with Gasteiger partial charge in [0.25, 0.3) is 0 Å². The van der Waals surface area contributed by atoms with Gasteiger partial charge >= 0.3 is 12.1 Å². The van der Waals surface area contributed by atoms with Crippen molar-refractivity contribution in [2.45, 2.75) is 56.5 Å². The third kappa shape index (κ3) is 5.56. The Hall–Kier alpha value is -3.61. The minimum Gasteiger partial charge on any atom is -0.480 e. The number of aliphatic carboxylic acids is 1. The van der Waals surface area contributed by atoms with Crippen molar-refractivity contribution in [3.05, 3.63) is 72.3 Å². The number of alkyl carbamates (subject to hydrolysis) is 1. The van der Waals surface area contributed by atoms with Gasteiger partial charge in [0.1, 0.15) is 12.6 Å². The number of carbonyl (C=O) groups is 3. The van der Waals surface area contributed by atoms with Crippen molar-refractivity contribution in [1.82, 2.24) is 10.6 Å². The average Bonchev–Trinajstić information content (AvgIpc) is 2.98. The molecule has 0 aliphatic heterocycles. The standard InChI is InChI=1S/C28H32N2O5/c1-2-10-25(27(32)33)29-26(31)22-15-4-3-5-16-24(22)30-28(34)35-17-23-20-13-8-6-11-18(20)19-12-7-9-14-21(19)23/h2,6-9,11-14,22-25H,1,3-5,10,15-17H2,(H,29,31)(H,30,34)(H,32,33). The summed E-state index contributed by atoms with van der Waals surface area (Å²) in [7, 11) is 0. The minimum atomic E-state index is -1.10. The van der Waals surface area contributed by atoms with Crippen LogP contribution in [0.1, 0.15) is 55.6 Å². The second-order valence-electron chi connectivity index (χ2n) is 9.24. The lowest BCUT2D eigenvalue weighted by Gasteiger charge is -2.26. The highest BCUT2D eigenvalue weighted by atomic mass is 16.5. The smallest absolute Gasteiger partial charge is 0.407 e. The fourth-order valence-corrected chi connectivity index (χ4v) is 5.25. The van der Waals surface area contributed by atoms with Crippen LogP contribution in [0.4, 0.5) is 4.79 Å². The molecule has 0 bridgehead atoms. The van der Waals surface area contributed by atoms with Crippen molar-refractivity contribution < 1.29 is 24.2 Å². The van der Waals surface area contributed by atoms with Crippen molar-refractivity contribution >= 4 is 18.0 Å². The lowest BCUT2D eigenvalue weighted by atomic mass is 9.93. The van der Waals surface area contributed by atoms with Gasteiger partial charge in [-0.3, -0.25) is 4.79 Å². The van der Waals surface area contributed by atoms with E-state index in [2.05, 4.69) is 41.5 Å².